The number of non-ortho nitro benzene ring substituents is 2. The normalized spacial score (nSPS) is 24.6. The van der Waals surface area contributed by atoms with Crippen LogP contribution < -0.4 is 5.32 Å². The Labute approximate surface area is 221 Å². The number of hydrogen-bond donors (Lipinski definition) is 1. The fourth-order valence-corrected chi connectivity index (χ4v) is 5.94. The van der Waals surface area contributed by atoms with Crippen molar-refractivity contribution >= 4 is 57.9 Å². The van der Waals surface area contributed by atoms with Crippen LogP contribution in [0.25, 0.3) is 0 Å². The lowest BCUT2D eigenvalue weighted by atomic mass is 9.64. The first kappa shape index (κ1) is 26.5. The molecule has 2 aliphatic rings. The molecule has 0 radical (unpaired) electrons. The quantitative estimate of drug-likeness (QED) is 0.256. The number of benzene rings is 2. The Bertz CT molecular complexity index is 1340. The molecule has 37 heavy (non-hydrogen) atoms. The SMILES string of the molecule is CC12CCC(C(=O)Nc3c(Cl)cccc3Cl)(C/C1=N\OC(=O)c1cc([N+](=O)[O-])cc([N+](=O)[O-])c1)C2(C)C. The molecule has 2 aromatic rings. The fourth-order valence-electron chi connectivity index (χ4n) is 5.45. The van der Waals surface area contributed by atoms with E-state index in [4.69, 9.17) is 28.0 Å². The van der Waals surface area contributed by atoms with Crippen LogP contribution in [0.1, 0.15) is 50.4 Å². The van der Waals surface area contributed by atoms with Gasteiger partial charge in [0.25, 0.3) is 11.4 Å². The third kappa shape index (κ3) is 4.11. The summed E-state index contributed by atoms with van der Waals surface area (Å²) in [5.41, 5.74) is -2.99. The maximum absolute atomic E-state index is 13.6. The minimum atomic E-state index is -1.09. The first-order chi connectivity index (χ1) is 17.2. The molecule has 2 bridgehead atoms. The second-order valence-corrected chi connectivity index (χ2v) is 10.8. The standard InChI is InChI=1S/C24H22Cl2N4O7/c1-22(2)23(3)7-8-24(22,21(32)27-19-16(25)5-4-6-17(19)26)12-18(23)28-37-20(31)13-9-14(29(33)34)11-15(10-13)30(35)36/h4-6,9-11H,7-8,12H2,1-3H3,(H,27,32)/b28-18+. The van der Waals surface area contributed by atoms with Crippen LogP contribution in [0.3, 0.4) is 0 Å². The van der Waals surface area contributed by atoms with Crippen LogP contribution in [0.15, 0.2) is 41.6 Å². The molecule has 0 aliphatic heterocycles. The average molecular weight is 549 g/mol. The summed E-state index contributed by atoms with van der Waals surface area (Å²) in [7, 11) is 0. The first-order valence-corrected chi connectivity index (χ1v) is 12.0. The molecule has 0 spiro atoms. The molecule has 2 unspecified atom stereocenters. The van der Waals surface area contributed by atoms with Crippen molar-refractivity contribution in [2.24, 2.45) is 21.4 Å². The largest absolute Gasteiger partial charge is 0.366 e. The molecule has 2 aromatic carbocycles. The Hall–Kier alpha value is -3.57. The molecule has 1 N–H and O–H groups in total. The van der Waals surface area contributed by atoms with Gasteiger partial charge in [0.2, 0.25) is 5.91 Å². The van der Waals surface area contributed by atoms with Crippen LogP contribution in [-0.2, 0) is 9.63 Å². The van der Waals surface area contributed by atoms with Crippen molar-refractivity contribution in [3.8, 4) is 0 Å². The van der Waals surface area contributed by atoms with Crippen molar-refractivity contribution in [3.05, 3.63) is 72.2 Å². The molecule has 2 aliphatic carbocycles. The summed E-state index contributed by atoms with van der Waals surface area (Å²) >= 11 is 12.5. The number of fused-ring (bicyclic) bond motifs is 2. The lowest BCUT2D eigenvalue weighted by molar-refractivity contribution is -0.394. The van der Waals surface area contributed by atoms with Gasteiger partial charge in [-0.2, -0.15) is 0 Å². The van der Waals surface area contributed by atoms with Gasteiger partial charge in [0.1, 0.15) is 0 Å². The first-order valence-electron chi connectivity index (χ1n) is 11.2. The summed E-state index contributed by atoms with van der Waals surface area (Å²) in [6.45, 7) is 5.83. The minimum Gasteiger partial charge on any atom is -0.323 e. The number of nitro benzene ring substituents is 2. The number of oxime groups is 1. The summed E-state index contributed by atoms with van der Waals surface area (Å²) in [6, 6.07) is 7.40. The van der Waals surface area contributed by atoms with E-state index in [-0.39, 0.29) is 12.3 Å². The lowest BCUT2D eigenvalue weighted by Crippen LogP contribution is -2.43. The van der Waals surface area contributed by atoms with Gasteiger partial charge in [-0.1, -0.05) is 55.2 Å². The summed E-state index contributed by atoms with van der Waals surface area (Å²) in [5, 5.41) is 29.8. The van der Waals surface area contributed by atoms with Crippen molar-refractivity contribution < 1.29 is 24.3 Å². The van der Waals surface area contributed by atoms with E-state index in [0.717, 1.165) is 18.2 Å². The number of para-hydroxylation sites is 1. The topological polar surface area (TPSA) is 154 Å². The fraction of sp³-hybridized carbons (Fsp3) is 0.375. The van der Waals surface area contributed by atoms with Gasteiger partial charge in [0.05, 0.1) is 48.3 Å². The second kappa shape index (κ2) is 9.07. The number of hydrogen-bond acceptors (Lipinski definition) is 8. The molecule has 1 amide bonds. The number of amides is 1. The van der Waals surface area contributed by atoms with E-state index in [2.05, 4.69) is 10.5 Å². The third-order valence-corrected chi connectivity index (χ3v) is 8.80. The van der Waals surface area contributed by atoms with E-state index in [1.807, 2.05) is 20.8 Å². The number of halogens is 2. The number of anilines is 1. The van der Waals surface area contributed by atoms with E-state index in [1.54, 1.807) is 18.2 Å². The summed E-state index contributed by atoms with van der Waals surface area (Å²) in [6.07, 6.45) is 1.32. The Morgan fingerprint density at radius 3 is 2.11 bits per heavy atom. The van der Waals surface area contributed by atoms with Crippen molar-refractivity contribution in [2.45, 2.75) is 40.0 Å². The van der Waals surface area contributed by atoms with Crippen LogP contribution in [-0.4, -0.2) is 27.4 Å². The van der Waals surface area contributed by atoms with E-state index in [0.29, 0.717) is 34.3 Å². The van der Waals surface area contributed by atoms with Crippen LogP contribution >= 0.6 is 23.2 Å². The van der Waals surface area contributed by atoms with Gasteiger partial charge in [-0.25, -0.2) is 4.79 Å². The smallest absolute Gasteiger partial charge is 0.323 e. The van der Waals surface area contributed by atoms with Crippen molar-refractivity contribution in [3.63, 3.8) is 0 Å². The molecule has 194 valence electrons. The number of nitrogens with one attached hydrogen (secondary N) is 1. The molecule has 0 heterocycles. The molecule has 0 saturated heterocycles. The van der Waals surface area contributed by atoms with E-state index >= 15 is 0 Å². The molecule has 2 saturated carbocycles. The Kier molecular flexibility index (Phi) is 6.49. The number of nitro groups is 2. The highest BCUT2D eigenvalue weighted by atomic mass is 35.5. The molecule has 11 nitrogen and oxygen atoms in total. The number of nitrogens with zero attached hydrogens (tertiary/aromatic N) is 3. The zero-order valence-corrected chi connectivity index (χ0v) is 21.6. The number of rotatable bonds is 6. The summed E-state index contributed by atoms with van der Waals surface area (Å²) in [4.78, 5) is 52.0. The van der Waals surface area contributed by atoms with Gasteiger partial charge in [-0.3, -0.25) is 25.0 Å². The maximum Gasteiger partial charge on any atom is 0.366 e. The van der Waals surface area contributed by atoms with Crippen molar-refractivity contribution in [2.75, 3.05) is 5.32 Å². The number of carbonyl (C=O) groups is 2. The highest BCUT2D eigenvalue weighted by molar-refractivity contribution is 6.39. The molecule has 13 heteroatoms. The summed E-state index contributed by atoms with van der Waals surface area (Å²) < 4.78 is 0. The molecule has 4 rings (SSSR count). The van der Waals surface area contributed by atoms with Crippen molar-refractivity contribution in [1.29, 1.82) is 0 Å². The Balaban J connectivity index is 1.63. The van der Waals surface area contributed by atoms with Gasteiger partial charge in [-0.15, -0.1) is 0 Å². The van der Waals surface area contributed by atoms with E-state index < -0.39 is 49.0 Å². The Morgan fingerprint density at radius 1 is 1.00 bits per heavy atom. The van der Waals surface area contributed by atoms with E-state index in [9.17, 15) is 29.8 Å². The van der Waals surface area contributed by atoms with E-state index in [1.165, 1.54) is 0 Å². The lowest BCUT2D eigenvalue weighted by Gasteiger charge is -2.39. The highest BCUT2D eigenvalue weighted by Crippen LogP contribution is 2.71. The van der Waals surface area contributed by atoms with Gasteiger partial charge in [-0.05, 0) is 30.4 Å². The molecule has 2 atom stereocenters. The van der Waals surface area contributed by atoms with Crippen LogP contribution in [0.4, 0.5) is 17.1 Å². The third-order valence-electron chi connectivity index (χ3n) is 8.17. The predicted octanol–water partition coefficient (Wildman–Crippen LogP) is 6.18. The van der Waals surface area contributed by atoms with Crippen LogP contribution in [0.2, 0.25) is 10.0 Å². The molecular weight excluding hydrogens is 527 g/mol. The second-order valence-electron chi connectivity index (χ2n) is 9.94. The van der Waals surface area contributed by atoms with Gasteiger partial charge < -0.3 is 10.2 Å². The number of carbonyl (C=O) groups excluding carboxylic acids is 2. The predicted molar refractivity (Wildman–Crippen MR) is 136 cm³/mol. The Morgan fingerprint density at radius 2 is 1.57 bits per heavy atom. The zero-order valence-electron chi connectivity index (χ0n) is 20.0. The molecular formula is C24H22Cl2N4O7. The molecule has 0 aromatic heterocycles. The minimum absolute atomic E-state index is 0.187. The highest BCUT2D eigenvalue weighted by Gasteiger charge is 2.71. The molecule has 2 fully saturated rings. The maximum atomic E-state index is 13.6. The van der Waals surface area contributed by atoms with Crippen molar-refractivity contribution in [1.82, 2.24) is 0 Å². The van der Waals surface area contributed by atoms with Gasteiger partial charge in [0, 0.05) is 24.0 Å². The van der Waals surface area contributed by atoms with Crippen LogP contribution in [0, 0.1) is 36.5 Å². The zero-order chi connectivity index (χ0) is 27.3. The monoisotopic (exact) mass is 548 g/mol. The average Bonchev–Trinajstić information content (AvgIpc) is 3.15. The summed E-state index contributed by atoms with van der Waals surface area (Å²) in [5.74, 6) is -1.38. The van der Waals surface area contributed by atoms with Gasteiger partial charge in [0.15, 0.2) is 0 Å². The van der Waals surface area contributed by atoms with Crippen LogP contribution in [0.5, 0.6) is 0 Å². The van der Waals surface area contributed by atoms with Gasteiger partial charge >= 0.3 is 5.97 Å².